The van der Waals surface area contributed by atoms with Crippen LogP contribution in [0, 0.1) is 5.92 Å². The Bertz CT molecular complexity index is 133. The first-order valence-electron chi connectivity index (χ1n) is 6.94. The van der Waals surface area contributed by atoms with Gasteiger partial charge in [0.2, 0.25) is 0 Å². The topological polar surface area (TPSA) is 0 Å². The van der Waals surface area contributed by atoms with Gasteiger partial charge in [0.1, 0.15) is 0 Å². The van der Waals surface area contributed by atoms with E-state index in [0.717, 1.165) is 5.92 Å². The van der Waals surface area contributed by atoms with Crippen LogP contribution in [0.3, 0.4) is 0 Å². The molecule has 0 rings (SSSR count). The summed E-state index contributed by atoms with van der Waals surface area (Å²) in [5, 5.41) is 0. The molecule has 90 valence electrons. The Labute approximate surface area is 97.2 Å². The van der Waals surface area contributed by atoms with Gasteiger partial charge in [-0.1, -0.05) is 77.9 Å². The first-order chi connectivity index (χ1) is 7.27. The van der Waals surface area contributed by atoms with E-state index in [1.54, 1.807) is 0 Å². The first kappa shape index (κ1) is 14.7. The van der Waals surface area contributed by atoms with Crippen LogP contribution in [0.4, 0.5) is 0 Å². The van der Waals surface area contributed by atoms with Gasteiger partial charge in [-0.05, 0) is 18.8 Å². The van der Waals surface area contributed by atoms with E-state index in [4.69, 9.17) is 0 Å². The van der Waals surface area contributed by atoms with Gasteiger partial charge < -0.3 is 0 Å². The average molecular weight is 210 g/mol. The van der Waals surface area contributed by atoms with Crippen molar-refractivity contribution in [1.82, 2.24) is 0 Å². The molecule has 0 saturated carbocycles. The van der Waals surface area contributed by atoms with Gasteiger partial charge in [0.05, 0.1) is 0 Å². The second kappa shape index (κ2) is 11.8. The molecule has 0 aliphatic heterocycles. The summed E-state index contributed by atoms with van der Waals surface area (Å²) in [6.07, 6.45) is 17.4. The van der Waals surface area contributed by atoms with Crippen LogP contribution in [0.1, 0.15) is 78.6 Å². The van der Waals surface area contributed by atoms with Crippen LogP contribution in [-0.4, -0.2) is 0 Å². The van der Waals surface area contributed by atoms with E-state index in [1.807, 2.05) is 0 Å². The summed E-state index contributed by atoms with van der Waals surface area (Å²) in [7, 11) is 0. The third kappa shape index (κ3) is 13.7. The molecule has 0 amide bonds. The van der Waals surface area contributed by atoms with E-state index in [-0.39, 0.29) is 0 Å². The summed E-state index contributed by atoms with van der Waals surface area (Å²) < 4.78 is 0. The molecule has 0 aromatic carbocycles. The summed E-state index contributed by atoms with van der Waals surface area (Å²) in [6.45, 7) is 6.76. The van der Waals surface area contributed by atoms with Crippen molar-refractivity contribution < 1.29 is 0 Å². The number of rotatable bonds is 10. The van der Waals surface area contributed by atoms with Gasteiger partial charge in [-0.3, -0.25) is 0 Å². The van der Waals surface area contributed by atoms with E-state index >= 15 is 0 Å². The van der Waals surface area contributed by atoms with Crippen LogP contribution in [0.25, 0.3) is 0 Å². The van der Waals surface area contributed by atoms with Crippen LogP contribution in [0.15, 0.2) is 12.2 Å². The number of unbranched alkanes of at least 4 members (excludes halogenated alkanes) is 8. The third-order valence-electron chi connectivity index (χ3n) is 2.75. The zero-order valence-electron chi connectivity index (χ0n) is 11.1. The van der Waals surface area contributed by atoms with Crippen LogP contribution in [0.2, 0.25) is 0 Å². The largest absolute Gasteiger partial charge is 0.0883 e. The summed E-state index contributed by atoms with van der Waals surface area (Å²) in [6, 6.07) is 0. The van der Waals surface area contributed by atoms with Gasteiger partial charge >= 0.3 is 0 Å². The highest BCUT2D eigenvalue weighted by molar-refractivity contribution is 4.83. The fraction of sp³-hybridized carbons (Fsp3) is 0.867. The lowest BCUT2D eigenvalue weighted by molar-refractivity contribution is 0.577. The molecule has 0 heterocycles. The Morgan fingerprint density at radius 2 is 1.33 bits per heavy atom. The van der Waals surface area contributed by atoms with Crippen molar-refractivity contribution in [3.63, 3.8) is 0 Å². The minimum absolute atomic E-state index is 0.721. The minimum atomic E-state index is 0.721. The molecule has 0 aromatic rings. The fourth-order valence-corrected chi connectivity index (χ4v) is 1.76. The molecule has 0 nitrogen and oxygen atoms in total. The lowest BCUT2D eigenvalue weighted by Gasteiger charge is -2.00. The van der Waals surface area contributed by atoms with Gasteiger partial charge in [0.25, 0.3) is 0 Å². The highest BCUT2D eigenvalue weighted by Gasteiger charge is 1.90. The monoisotopic (exact) mass is 210 g/mol. The maximum atomic E-state index is 2.35. The lowest BCUT2D eigenvalue weighted by atomic mass is 10.1. The maximum Gasteiger partial charge on any atom is -0.0290 e. The van der Waals surface area contributed by atoms with Crippen LogP contribution < -0.4 is 0 Å². The quantitative estimate of drug-likeness (QED) is 0.319. The molecule has 0 bridgehead atoms. The van der Waals surface area contributed by atoms with Crippen LogP contribution in [0.5, 0.6) is 0 Å². The van der Waals surface area contributed by atoms with Crippen molar-refractivity contribution in [2.45, 2.75) is 78.6 Å². The van der Waals surface area contributed by atoms with E-state index in [1.165, 1.54) is 57.8 Å². The lowest BCUT2D eigenvalue weighted by Crippen LogP contribution is -1.81. The highest BCUT2D eigenvalue weighted by atomic mass is 14.0. The standard InChI is InChI=1S/C15H30/c1-4-5-6-7-8-9-10-11-12-13-14-15(2)3/h13-15H,4-12H2,1-3H3. The molecular weight excluding hydrogens is 180 g/mol. The molecule has 15 heavy (non-hydrogen) atoms. The summed E-state index contributed by atoms with van der Waals surface area (Å²) in [4.78, 5) is 0. The highest BCUT2D eigenvalue weighted by Crippen LogP contribution is 2.10. The molecular formula is C15H30. The van der Waals surface area contributed by atoms with E-state index in [2.05, 4.69) is 32.9 Å². The molecule has 0 aliphatic carbocycles. The Kier molecular flexibility index (Phi) is 11.6. The molecule has 0 heteroatoms. The van der Waals surface area contributed by atoms with Crippen molar-refractivity contribution in [3.05, 3.63) is 12.2 Å². The number of hydrogen-bond donors (Lipinski definition) is 0. The molecule has 0 radical (unpaired) electrons. The van der Waals surface area contributed by atoms with Gasteiger partial charge in [-0.2, -0.15) is 0 Å². The van der Waals surface area contributed by atoms with Crippen LogP contribution in [-0.2, 0) is 0 Å². The van der Waals surface area contributed by atoms with Crippen molar-refractivity contribution in [2.24, 2.45) is 5.92 Å². The normalized spacial score (nSPS) is 11.7. The second-order valence-corrected chi connectivity index (χ2v) is 4.94. The van der Waals surface area contributed by atoms with Gasteiger partial charge in [0.15, 0.2) is 0 Å². The van der Waals surface area contributed by atoms with Crippen molar-refractivity contribution in [2.75, 3.05) is 0 Å². The molecule has 0 aromatic heterocycles. The predicted molar refractivity (Wildman–Crippen MR) is 71.2 cm³/mol. The molecule has 0 aliphatic rings. The first-order valence-corrected chi connectivity index (χ1v) is 6.94. The third-order valence-corrected chi connectivity index (χ3v) is 2.75. The van der Waals surface area contributed by atoms with E-state index in [9.17, 15) is 0 Å². The summed E-state index contributed by atoms with van der Waals surface area (Å²) in [5.41, 5.74) is 0. The van der Waals surface area contributed by atoms with Crippen molar-refractivity contribution >= 4 is 0 Å². The summed E-state index contributed by atoms with van der Waals surface area (Å²) in [5.74, 6) is 0.721. The zero-order chi connectivity index (χ0) is 11.4. The number of allylic oxidation sites excluding steroid dienone is 2. The second-order valence-electron chi connectivity index (χ2n) is 4.94. The Hall–Kier alpha value is -0.260. The Balaban J connectivity index is 2.99. The molecule has 0 atom stereocenters. The van der Waals surface area contributed by atoms with Gasteiger partial charge in [-0.25, -0.2) is 0 Å². The van der Waals surface area contributed by atoms with Gasteiger partial charge in [0, 0.05) is 0 Å². The molecule has 0 fully saturated rings. The maximum absolute atomic E-state index is 2.35. The SMILES string of the molecule is CCCCCCCCCCC=CC(C)C. The smallest absolute Gasteiger partial charge is 0.0290 e. The van der Waals surface area contributed by atoms with Crippen molar-refractivity contribution in [3.8, 4) is 0 Å². The molecule has 0 unspecified atom stereocenters. The Morgan fingerprint density at radius 1 is 0.800 bits per heavy atom. The van der Waals surface area contributed by atoms with Crippen molar-refractivity contribution in [1.29, 1.82) is 0 Å². The Morgan fingerprint density at radius 3 is 1.87 bits per heavy atom. The fourth-order valence-electron chi connectivity index (χ4n) is 1.76. The van der Waals surface area contributed by atoms with E-state index in [0.29, 0.717) is 0 Å². The van der Waals surface area contributed by atoms with Gasteiger partial charge in [-0.15, -0.1) is 0 Å². The molecule has 0 spiro atoms. The molecule has 0 N–H and O–H groups in total. The van der Waals surface area contributed by atoms with E-state index < -0.39 is 0 Å². The van der Waals surface area contributed by atoms with Crippen LogP contribution >= 0.6 is 0 Å². The predicted octanol–water partition coefficient (Wildman–Crippen LogP) is 5.73. The summed E-state index contributed by atoms with van der Waals surface area (Å²) >= 11 is 0. The minimum Gasteiger partial charge on any atom is -0.0883 e. The molecule has 0 saturated heterocycles. The zero-order valence-corrected chi connectivity index (χ0v) is 11.1. The average Bonchev–Trinajstić information content (AvgIpc) is 2.20. The number of hydrogen-bond acceptors (Lipinski definition) is 0.